The van der Waals surface area contributed by atoms with Crippen molar-refractivity contribution in [3.63, 3.8) is 0 Å². The predicted molar refractivity (Wildman–Crippen MR) is 77.9 cm³/mol. The van der Waals surface area contributed by atoms with E-state index in [0.29, 0.717) is 51.8 Å². The number of hydrogen-bond acceptors (Lipinski definition) is 8. The Morgan fingerprint density at radius 1 is 1.38 bits per heavy atom. The van der Waals surface area contributed by atoms with Crippen LogP contribution in [0, 0.1) is 0 Å². The van der Waals surface area contributed by atoms with Crippen LogP contribution in [-0.4, -0.2) is 95.1 Å². The number of nitrogens with zero attached hydrogens (tertiary/aromatic N) is 6. The van der Waals surface area contributed by atoms with Crippen LogP contribution in [0.2, 0.25) is 0 Å². The molecule has 2 aliphatic rings. The SMILES string of the molecule is COCCn1nnc(C2CN(C(=O)CN3CCOC3=O)CCO2)n1. The van der Waals surface area contributed by atoms with Crippen molar-refractivity contribution >= 4 is 12.0 Å². The van der Waals surface area contributed by atoms with Crippen molar-refractivity contribution in [3.8, 4) is 0 Å². The summed E-state index contributed by atoms with van der Waals surface area (Å²) >= 11 is 0. The highest BCUT2D eigenvalue weighted by molar-refractivity contribution is 5.83. The fourth-order valence-corrected chi connectivity index (χ4v) is 2.52. The first-order chi connectivity index (χ1) is 11.7. The van der Waals surface area contributed by atoms with Gasteiger partial charge in [0.25, 0.3) is 0 Å². The van der Waals surface area contributed by atoms with Crippen LogP contribution in [0.25, 0.3) is 0 Å². The van der Waals surface area contributed by atoms with Crippen molar-refractivity contribution in [2.24, 2.45) is 0 Å². The zero-order valence-electron chi connectivity index (χ0n) is 13.5. The third-order valence-electron chi connectivity index (χ3n) is 3.84. The molecular formula is C13H20N6O5. The Balaban J connectivity index is 1.56. The highest BCUT2D eigenvalue weighted by Crippen LogP contribution is 2.19. The quantitative estimate of drug-likeness (QED) is 0.626. The number of rotatable bonds is 6. The summed E-state index contributed by atoms with van der Waals surface area (Å²) in [6, 6.07) is 0. The number of morpholine rings is 1. The lowest BCUT2D eigenvalue weighted by atomic mass is 10.2. The monoisotopic (exact) mass is 340 g/mol. The van der Waals surface area contributed by atoms with Gasteiger partial charge in [0.2, 0.25) is 11.7 Å². The second-order valence-electron chi connectivity index (χ2n) is 5.47. The third-order valence-corrected chi connectivity index (χ3v) is 3.84. The summed E-state index contributed by atoms with van der Waals surface area (Å²) < 4.78 is 15.4. The van der Waals surface area contributed by atoms with E-state index in [-0.39, 0.29) is 12.5 Å². The number of cyclic esters (lactones) is 1. The van der Waals surface area contributed by atoms with Crippen LogP contribution in [0.3, 0.4) is 0 Å². The Morgan fingerprint density at radius 3 is 3.00 bits per heavy atom. The van der Waals surface area contributed by atoms with Crippen LogP contribution in [-0.2, 0) is 25.5 Å². The minimum Gasteiger partial charge on any atom is -0.448 e. The van der Waals surface area contributed by atoms with Crippen molar-refractivity contribution in [1.82, 2.24) is 30.0 Å². The molecule has 1 aromatic rings. The molecule has 2 amide bonds. The zero-order chi connectivity index (χ0) is 16.9. The van der Waals surface area contributed by atoms with E-state index < -0.39 is 12.2 Å². The van der Waals surface area contributed by atoms with E-state index in [1.165, 1.54) is 9.70 Å². The Hall–Kier alpha value is -2.27. The zero-order valence-corrected chi connectivity index (χ0v) is 13.5. The van der Waals surface area contributed by atoms with Gasteiger partial charge in [-0.15, -0.1) is 10.2 Å². The molecule has 11 nitrogen and oxygen atoms in total. The number of carbonyl (C=O) groups is 2. The lowest BCUT2D eigenvalue weighted by molar-refractivity contribution is -0.139. The van der Waals surface area contributed by atoms with E-state index in [9.17, 15) is 9.59 Å². The minimum atomic E-state index is -0.448. The van der Waals surface area contributed by atoms with E-state index in [1.807, 2.05) is 0 Å². The summed E-state index contributed by atoms with van der Waals surface area (Å²) in [4.78, 5) is 28.3. The molecule has 11 heteroatoms. The maximum atomic E-state index is 12.4. The molecule has 1 aromatic heterocycles. The Bertz CT molecular complexity index is 593. The summed E-state index contributed by atoms with van der Waals surface area (Å²) in [5.41, 5.74) is 0. The Morgan fingerprint density at radius 2 is 2.25 bits per heavy atom. The molecule has 1 atom stereocenters. The topological polar surface area (TPSA) is 112 Å². The van der Waals surface area contributed by atoms with Crippen molar-refractivity contribution in [1.29, 1.82) is 0 Å². The van der Waals surface area contributed by atoms with Gasteiger partial charge in [0.1, 0.15) is 19.3 Å². The first-order valence-electron chi connectivity index (χ1n) is 7.75. The van der Waals surface area contributed by atoms with Crippen molar-refractivity contribution < 1.29 is 23.8 Å². The van der Waals surface area contributed by atoms with Gasteiger partial charge in [0, 0.05) is 13.7 Å². The molecule has 0 aliphatic carbocycles. The lowest BCUT2D eigenvalue weighted by Crippen LogP contribution is -2.47. The molecule has 2 aliphatic heterocycles. The number of aromatic nitrogens is 4. The molecule has 3 heterocycles. The Kier molecular flexibility index (Phi) is 5.20. The Labute approximate surface area is 138 Å². The van der Waals surface area contributed by atoms with Crippen molar-refractivity contribution in [2.45, 2.75) is 12.6 Å². The van der Waals surface area contributed by atoms with Crippen LogP contribution < -0.4 is 0 Å². The summed E-state index contributed by atoms with van der Waals surface area (Å²) in [7, 11) is 1.60. The minimum absolute atomic E-state index is 0.0134. The third kappa shape index (κ3) is 3.79. The molecule has 0 aromatic carbocycles. The fraction of sp³-hybridized carbons (Fsp3) is 0.769. The van der Waals surface area contributed by atoms with Crippen LogP contribution in [0.1, 0.15) is 11.9 Å². The van der Waals surface area contributed by atoms with Gasteiger partial charge in [-0.1, -0.05) is 0 Å². The average Bonchev–Trinajstić information content (AvgIpc) is 3.23. The largest absolute Gasteiger partial charge is 0.448 e. The fourth-order valence-electron chi connectivity index (χ4n) is 2.52. The van der Waals surface area contributed by atoms with Gasteiger partial charge in [-0.05, 0) is 5.21 Å². The van der Waals surface area contributed by atoms with Gasteiger partial charge in [-0.25, -0.2) is 4.79 Å². The van der Waals surface area contributed by atoms with E-state index in [1.54, 1.807) is 12.0 Å². The maximum Gasteiger partial charge on any atom is 0.410 e. The van der Waals surface area contributed by atoms with E-state index in [0.717, 1.165) is 0 Å². The van der Waals surface area contributed by atoms with Gasteiger partial charge < -0.3 is 19.1 Å². The number of tetrazole rings is 1. The average molecular weight is 340 g/mol. The smallest absolute Gasteiger partial charge is 0.410 e. The number of carbonyl (C=O) groups excluding carboxylic acids is 2. The normalized spacial score (nSPS) is 21.2. The maximum absolute atomic E-state index is 12.4. The molecular weight excluding hydrogens is 320 g/mol. The van der Waals surface area contributed by atoms with Crippen molar-refractivity contribution in [2.75, 3.05) is 53.1 Å². The summed E-state index contributed by atoms with van der Waals surface area (Å²) in [6.07, 6.45) is -0.875. The van der Waals surface area contributed by atoms with Gasteiger partial charge in [0.15, 0.2) is 0 Å². The molecule has 2 saturated heterocycles. The van der Waals surface area contributed by atoms with Crippen molar-refractivity contribution in [3.05, 3.63) is 5.82 Å². The summed E-state index contributed by atoms with van der Waals surface area (Å²) in [5.74, 6) is 0.290. The molecule has 24 heavy (non-hydrogen) atoms. The van der Waals surface area contributed by atoms with Gasteiger partial charge >= 0.3 is 6.09 Å². The van der Waals surface area contributed by atoms with E-state index in [4.69, 9.17) is 14.2 Å². The van der Waals surface area contributed by atoms with Crippen LogP contribution >= 0.6 is 0 Å². The van der Waals surface area contributed by atoms with E-state index >= 15 is 0 Å². The molecule has 2 fully saturated rings. The number of methoxy groups -OCH3 is 1. The highest BCUT2D eigenvalue weighted by Gasteiger charge is 2.31. The first-order valence-corrected chi connectivity index (χ1v) is 7.75. The van der Waals surface area contributed by atoms with Crippen LogP contribution in [0.15, 0.2) is 0 Å². The highest BCUT2D eigenvalue weighted by atomic mass is 16.6. The molecule has 3 rings (SSSR count). The van der Waals surface area contributed by atoms with Gasteiger partial charge in [0.05, 0.1) is 32.8 Å². The van der Waals surface area contributed by atoms with E-state index in [2.05, 4.69) is 15.4 Å². The second-order valence-corrected chi connectivity index (χ2v) is 5.47. The lowest BCUT2D eigenvalue weighted by Gasteiger charge is -2.32. The van der Waals surface area contributed by atoms with Gasteiger partial charge in [-0.3, -0.25) is 9.69 Å². The van der Waals surface area contributed by atoms with Crippen LogP contribution in [0.5, 0.6) is 0 Å². The standard InChI is InChI=1S/C13H20N6O5/c1-22-5-4-19-15-12(14-16-19)10-8-17(2-6-23-10)11(20)9-18-3-7-24-13(18)21/h10H,2-9H2,1H3. The molecule has 0 radical (unpaired) electrons. The molecule has 0 saturated carbocycles. The predicted octanol–water partition coefficient (Wildman–Crippen LogP) is -1.33. The molecule has 0 N–H and O–H groups in total. The number of amides is 2. The molecule has 132 valence electrons. The number of ether oxygens (including phenoxy) is 3. The first kappa shape index (κ1) is 16.6. The molecule has 0 bridgehead atoms. The second kappa shape index (κ2) is 7.53. The summed E-state index contributed by atoms with van der Waals surface area (Å²) in [5, 5.41) is 12.2. The summed E-state index contributed by atoms with van der Waals surface area (Å²) in [6.45, 7) is 2.94. The van der Waals surface area contributed by atoms with Crippen LogP contribution in [0.4, 0.5) is 4.79 Å². The molecule has 1 unspecified atom stereocenters. The number of hydrogen-bond donors (Lipinski definition) is 0. The molecule has 0 spiro atoms. The van der Waals surface area contributed by atoms with Gasteiger partial charge in [-0.2, -0.15) is 4.80 Å².